The Kier molecular flexibility index (Phi) is 4.57. The van der Waals surface area contributed by atoms with Crippen LogP contribution in [0.25, 0.3) is 0 Å². The van der Waals surface area contributed by atoms with Crippen molar-refractivity contribution in [1.29, 1.82) is 5.26 Å². The van der Waals surface area contributed by atoms with Gasteiger partial charge in [0, 0.05) is 24.7 Å². The van der Waals surface area contributed by atoms with Gasteiger partial charge < -0.3 is 5.73 Å². The highest BCUT2D eigenvalue weighted by molar-refractivity contribution is 5.34. The van der Waals surface area contributed by atoms with E-state index in [2.05, 4.69) is 30.9 Å². The average Bonchev–Trinajstić information content (AvgIpc) is 2.46. The monoisotopic (exact) mass is 257 g/mol. The molecule has 1 aromatic carbocycles. The summed E-state index contributed by atoms with van der Waals surface area (Å²) in [6, 6.07) is 11.5. The average molecular weight is 257 g/mol. The van der Waals surface area contributed by atoms with Gasteiger partial charge in [-0.2, -0.15) is 5.26 Å². The summed E-state index contributed by atoms with van der Waals surface area (Å²) in [5.74, 6) is 0. The Morgan fingerprint density at radius 2 is 2.26 bits per heavy atom. The number of hydrogen-bond acceptors (Lipinski definition) is 3. The van der Waals surface area contributed by atoms with Crippen LogP contribution in [0.2, 0.25) is 0 Å². The van der Waals surface area contributed by atoms with Gasteiger partial charge in [-0.25, -0.2) is 0 Å². The van der Waals surface area contributed by atoms with E-state index in [4.69, 9.17) is 11.0 Å². The second-order valence-electron chi connectivity index (χ2n) is 5.53. The fraction of sp³-hybridized carbons (Fsp3) is 0.562. The first-order valence-corrected chi connectivity index (χ1v) is 7.15. The van der Waals surface area contributed by atoms with Crippen molar-refractivity contribution < 1.29 is 0 Å². The quantitative estimate of drug-likeness (QED) is 0.906. The fourth-order valence-electron chi connectivity index (χ4n) is 3.28. The second kappa shape index (κ2) is 6.18. The molecular formula is C16H23N3. The lowest BCUT2D eigenvalue weighted by Crippen LogP contribution is -2.49. The van der Waals surface area contributed by atoms with E-state index in [0.29, 0.717) is 24.7 Å². The van der Waals surface area contributed by atoms with E-state index in [1.165, 1.54) is 24.8 Å². The summed E-state index contributed by atoms with van der Waals surface area (Å²) in [6.07, 6.45) is 3.69. The summed E-state index contributed by atoms with van der Waals surface area (Å²) in [5.41, 5.74) is 7.88. The molecule has 102 valence electrons. The van der Waals surface area contributed by atoms with Crippen molar-refractivity contribution in [3.63, 3.8) is 0 Å². The summed E-state index contributed by atoms with van der Waals surface area (Å²) >= 11 is 0. The molecule has 1 aliphatic heterocycles. The number of rotatable bonds is 3. The molecule has 19 heavy (non-hydrogen) atoms. The number of likely N-dealkylation sites (tertiary alicyclic amines) is 1. The van der Waals surface area contributed by atoms with Crippen molar-refractivity contribution >= 4 is 0 Å². The maximum absolute atomic E-state index is 9.02. The number of benzene rings is 1. The van der Waals surface area contributed by atoms with Crippen LogP contribution >= 0.6 is 0 Å². The zero-order valence-corrected chi connectivity index (χ0v) is 11.8. The Labute approximate surface area is 116 Å². The molecule has 2 rings (SSSR count). The predicted octanol–water partition coefficient (Wildman–Crippen LogP) is 2.82. The van der Waals surface area contributed by atoms with Crippen LogP contribution in [-0.2, 0) is 0 Å². The summed E-state index contributed by atoms with van der Waals surface area (Å²) in [7, 11) is 0. The molecule has 1 aromatic rings. The highest BCUT2D eigenvalue weighted by Crippen LogP contribution is 2.32. The number of hydrogen-bond donors (Lipinski definition) is 1. The molecule has 3 unspecified atom stereocenters. The van der Waals surface area contributed by atoms with E-state index in [1.54, 1.807) is 0 Å². The third kappa shape index (κ3) is 2.97. The molecule has 3 atom stereocenters. The smallest absolute Gasteiger partial charge is 0.0991 e. The lowest BCUT2D eigenvalue weighted by atomic mass is 9.92. The molecule has 1 saturated heterocycles. The Morgan fingerprint density at radius 1 is 1.47 bits per heavy atom. The number of nitrogens with two attached hydrogens (primary N) is 1. The zero-order chi connectivity index (χ0) is 13.8. The molecule has 0 saturated carbocycles. The number of piperidine rings is 1. The summed E-state index contributed by atoms with van der Waals surface area (Å²) < 4.78 is 0. The van der Waals surface area contributed by atoms with Gasteiger partial charge in [0.1, 0.15) is 0 Å². The van der Waals surface area contributed by atoms with Crippen LogP contribution in [0.1, 0.15) is 50.3 Å². The molecule has 1 aliphatic rings. The largest absolute Gasteiger partial charge is 0.329 e. The van der Waals surface area contributed by atoms with E-state index in [0.717, 1.165) is 5.56 Å². The molecular weight excluding hydrogens is 234 g/mol. The number of nitrogens with zero attached hydrogens (tertiary/aromatic N) is 2. The lowest BCUT2D eigenvalue weighted by Gasteiger charge is -2.44. The normalized spacial score (nSPS) is 25.8. The van der Waals surface area contributed by atoms with Crippen LogP contribution in [0.4, 0.5) is 0 Å². The van der Waals surface area contributed by atoms with Gasteiger partial charge in [0.05, 0.1) is 11.6 Å². The predicted molar refractivity (Wildman–Crippen MR) is 77.6 cm³/mol. The maximum Gasteiger partial charge on any atom is 0.0991 e. The van der Waals surface area contributed by atoms with Crippen LogP contribution in [0.15, 0.2) is 24.3 Å². The third-order valence-corrected chi connectivity index (χ3v) is 4.31. The Hall–Kier alpha value is -1.37. The van der Waals surface area contributed by atoms with Gasteiger partial charge >= 0.3 is 0 Å². The molecule has 2 N–H and O–H groups in total. The third-order valence-electron chi connectivity index (χ3n) is 4.31. The van der Waals surface area contributed by atoms with E-state index < -0.39 is 0 Å². The van der Waals surface area contributed by atoms with Gasteiger partial charge in [-0.15, -0.1) is 0 Å². The fourth-order valence-corrected chi connectivity index (χ4v) is 3.28. The number of nitriles is 1. The minimum Gasteiger partial charge on any atom is -0.329 e. The minimum atomic E-state index is 0.317. The van der Waals surface area contributed by atoms with Crippen LogP contribution in [0.5, 0.6) is 0 Å². The zero-order valence-electron chi connectivity index (χ0n) is 11.8. The van der Waals surface area contributed by atoms with E-state index in [9.17, 15) is 0 Å². The Balaban J connectivity index is 2.25. The molecule has 0 bridgehead atoms. The molecule has 1 fully saturated rings. The van der Waals surface area contributed by atoms with Crippen molar-refractivity contribution in [1.82, 2.24) is 4.90 Å². The Morgan fingerprint density at radius 3 is 2.95 bits per heavy atom. The molecule has 1 heterocycles. The Bertz CT molecular complexity index is 463. The molecule has 0 amide bonds. The van der Waals surface area contributed by atoms with Gasteiger partial charge in [0.25, 0.3) is 0 Å². The van der Waals surface area contributed by atoms with Gasteiger partial charge in [0.15, 0.2) is 0 Å². The van der Waals surface area contributed by atoms with E-state index in [1.807, 2.05) is 18.2 Å². The first kappa shape index (κ1) is 14.0. The van der Waals surface area contributed by atoms with Gasteiger partial charge in [-0.1, -0.05) is 18.6 Å². The van der Waals surface area contributed by atoms with Gasteiger partial charge in [-0.05, 0) is 44.4 Å². The van der Waals surface area contributed by atoms with Crippen molar-refractivity contribution in [2.75, 3.05) is 6.54 Å². The van der Waals surface area contributed by atoms with Gasteiger partial charge in [-0.3, -0.25) is 4.90 Å². The first-order valence-electron chi connectivity index (χ1n) is 7.15. The second-order valence-corrected chi connectivity index (χ2v) is 5.53. The summed E-state index contributed by atoms with van der Waals surface area (Å²) in [5, 5.41) is 9.02. The lowest BCUT2D eigenvalue weighted by molar-refractivity contribution is 0.0570. The molecule has 3 nitrogen and oxygen atoms in total. The van der Waals surface area contributed by atoms with Gasteiger partial charge in [0.2, 0.25) is 0 Å². The summed E-state index contributed by atoms with van der Waals surface area (Å²) in [6.45, 7) is 5.22. The highest BCUT2D eigenvalue weighted by atomic mass is 15.2. The van der Waals surface area contributed by atoms with Crippen molar-refractivity contribution in [2.45, 2.75) is 51.2 Å². The topological polar surface area (TPSA) is 53.0 Å². The van der Waals surface area contributed by atoms with Crippen molar-refractivity contribution in [3.8, 4) is 6.07 Å². The van der Waals surface area contributed by atoms with Crippen LogP contribution in [0, 0.1) is 11.3 Å². The van der Waals surface area contributed by atoms with E-state index >= 15 is 0 Å². The van der Waals surface area contributed by atoms with E-state index in [-0.39, 0.29) is 0 Å². The molecule has 0 aliphatic carbocycles. The maximum atomic E-state index is 9.02. The summed E-state index contributed by atoms with van der Waals surface area (Å²) in [4.78, 5) is 2.53. The highest BCUT2D eigenvalue weighted by Gasteiger charge is 2.31. The van der Waals surface area contributed by atoms with Crippen LogP contribution in [0.3, 0.4) is 0 Å². The standard InChI is InChI=1S/C16H23N3/c1-12-5-3-8-16(11-18)19(12)13(2)15-7-4-6-14(9-15)10-17/h4,6-7,9,12-13,16H,3,5,8,11,18H2,1-2H3. The van der Waals surface area contributed by atoms with Crippen molar-refractivity contribution in [2.24, 2.45) is 5.73 Å². The SMILES string of the molecule is CC1CCCC(CN)N1C(C)c1cccc(C#N)c1. The molecule has 0 aromatic heterocycles. The van der Waals surface area contributed by atoms with Crippen LogP contribution < -0.4 is 5.73 Å². The molecule has 0 radical (unpaired) electrons. The van der Waals surface area contributed by atoms with Crippen LogP contribution in [-0.4, -0.2) is 23.5 Å². The minimum absolute atomic E-state index is 0.317. The molecule has 0 spiro atoms. The van der Waals surface area contributed by atoms with Crippen molar-refractivity contribution in [3.05, 3.63) is 35.4 Å². The molecule has 3 heteroatoms. The first-order chi connectivity index (χ1) is 9.17.